The summed E-state index contributed by atoms with van der Waals surface area (Å²) >= 11 is 0. The first-order chi connectivity index (χ1) is 8.88. The average Bonchev–Trinajstić information content (AvgIpc) is 2.61. The Morgan fingerprint density at radius 2 is 2.32 bits per heavy atom. The van der Waals surface area contributed by atoms with E-state index in [9.17, 15) is 13.2 Å². The van der Waals surface area contributed by atoms with Crippen LogP contribution in [0, 0.1) is 5.92 Å². The highest BCUT2D eigenvalue weighted by Crippen LogP contribution is 2.30. The van der Waals surface area contributed by atoms with Crippen molar-refractivity contribution in [3.63, 3.8) is 0 Å². The number of nitrogens with zero attached hydrogens (tertiary/aromatic N) is 2. The number of carboxylic acids is 1. The number of carbonyl (C=O) groups is 1. The molecule has 0 aliphatic heterocycles. The van der Waals surface area contributed by atoms with Gasteiger partial charge in [0, 0.05) is 12.2 Å². The van der Waals surface area contributed by atoms with Crippen LogP contribution < -0.4 is 4.72 Å². The zero-order valence-electron chi connectivity index (χ0n) is 10.6. The largest absolute Gasteiger partial charge is 0.480 e. The molecule has 2 N–H and O–H groups in total. The molecule has 1 aliphatic carbocycles. The van der Waals surface area contributed by atoms with Gasteiger partial charge in [-0.15, -0.1) is 0 Å². The first kappa shape index (κ1) is 14.0. The molecule has 0 amide bonds. The Bertz CT molecular complexity index is 562. The summed E-state index contributed by atoms with van der Waals surface area (Å²) < 4.78 is 27.8. The summed E-state index contributed by atoms with van der Waals surface area (Å²) in [6.45, 7) is 1.50. The number of hydrogen-bond donors (Lipinski definition) is 2. The van der Waals surface area contributed by atoms with Crippen molar-refractivity contribution in [2.75, 3.05) is 0 Å². The number of aromatic nitrogens is 2. The molecule has 1 aliphatic rings. The molecule has 2 rings (SSSR count). The second-order valence-electron chi connectivity index (χ2n) is 4.87. The van der Waals surface area contributed by atoms with Gasteiger partial charge < -0.3 is 5.11 Å². The molecule has 1 atom stereocenters. The number of aliphatic carboxylic acids is 1. The van der Waals surface area contributed by atoms with E-state index >= 15 is 0 Å². The molecular weight excluding hydrogens is 270 g/mol. The first-order valence-corrected chi connectivity index (χ1v) is 7.63. The van der Waals surface area contributed by atoms with Gasteiger partial charge in [-0.2, -0.15) is 5.10 Å². The molecule has 1 aromatic rings. The summed E-state index contributed by atoms with van der Waals surface area (Å²) in [7, 11) is -3.62. The predicted octanol–water partition coefficient (Wildman–Crippen LogP) is 0.435. The van der Waals surface area contributed by atoms with Crippen molar-refractivity contribution in [2.24, 2.45) is 5.92 Å². The zero-order chi connectivity index (χ0) is 14.0. The summed E-state index contributed by atoms with van der Waals surface area (Å²) in [6.07, 6.45) is 5.62. The molecule has 7 nitrogen and oxygen atoms in total. The molecule has 1 saturated carbocycles. The van der Waals surface area contributed by atoms with Crippen molar-refractivity contribution in [2.45, 2.75) is 43.7 Å². The summed E-state index contributed by atoms with van der Waals surface area (Å²) in [4.78, 5) is 10.5. The number of hydrogen-bond acceptors (Lipinski definition) is 4. The van der Waals surface area contributed by atoms with E-state index in [-0.39, 0.29) is 17.5 Å². The second-order valence-corrected chi connectivity index (χ2v) is 6.58. The Balaban J connectivity index is 2.06. The highest BCUT2D eigenvalue weighted by molar-refractivity contribution is 7.89. The molecule has 8 heteroatoms. The van der Waals surface area contributed by atoms with E-state index in [1.54, 1.807) is 0 Å². The van der Waals surface area contributed by atoms with Crippen LogP contribution in [0.4, 0.5) is 0 Å². The number of nitrogens with one attached hydrogen (secondary N) is 1. The molecule has 1 unspecified atom stereocenters. The van der Waals surface area contributed by atoms with E-state index in [1.165, 1.54) is 12.4 Å². The van der Waals surface area contributed by atoms with E-state index in [2.05, 4.69) is 9.82 Å². The highest BCUT2D eigenvalue weighted by atomic mass is 32.2. The van der Waals surface area contributed by atoms with Crippen LogP contribution in [0.5, 0.6) is 0 Å². The van der Waals surface area contributed by atoms with Crippen LogP contribution in [0.2, 0.25) is 0 Å². The Hall–Kier alpha value is -1.41. The van der Waals surface area contributed by atoms with Gasteiger partial charge in [0.05, 0.1) is 6.20 Å². The Labute approximate surface area is 111 Å². The minimum atomic E-state index is -3.62. The maximum atomic E-state index is 12.1. The lowest BCUT2D eigenvalue weighted by Gasteiger charge is -2.31. The minimum Gasteiger partial charge on any atom is -0.480 e. The van der Waals surface area contributed by atoms with Gasteiger partial charge in [0.25, 0.3) is 0 Å². The fourth-order valence-corrected chi connectivity index (χ4v) is 3.32. The predicted molar refractivity (Wildman–Crippen MR) is 67.0 cm³/mol. The van der Waals surface area contributed by atoms with Gasteiger partial charge in [0.15, 0.2) is 0 Å². The molecule has 0 radical (unpaired) electrons. The Kier molecular flexibility index (Phi) is 3.91. The maximum Gasteiger partial charge on any atom is 0.325 e. The SMILES string of the molecule is CC(NS(=O)(=O)c1cnn(CC(=O)O)c1)C1CCC1. The van der Waals surface area contributed by atoms with Crippen molar-refractivity contribution in [1.82, 2.24) is 14.5 Å². The molecule has 0 saturated heterocycles. The van der Waals surface area contributed by atoms with Gasteiger partial charge in [0.2, 0.25) is 10.0 Å². The quantitative estimate of drug-likeness (QED) is 0.790. The molecule has 1 heterocycles. The van der Waals surface area contributed by atoms with Gasteiger partial charge >= 0.3 is 5.97 Å². The van der Waals surface area contributed by atoms with Gasteiger partial charge in [-0.1, -0.05) is 6.42 Å². The Morgan fingerprint density at radius 1 is 1.63 bits per heavy atom. The van der Waals surface area contributed by atoms with E-state index in [0.29, 0.717) is 5.92 Å². The van der Waals surface area contributed by atoms with E-state index in [4.69, 9.17) is 5.11 Å². The fourth-order valence-electron chi connectivity index (χ4n) is 2.06. The van der Waals surface area contributed by atoms with Crippen LogP contribution in [0.25, 0.3) is 0 Å². The lowest BCUT2D eigenvalue weighted by molar-refractivity contribution is -0.137. The average molecular weight is 287 g/mol. The molecular formula is C11H17N3O4S. The van der Waals surface area contributed by atoms with Gasteiger partial charge in [-0.25, -0.2) is 13.1 Å². The molecule has 1 fully saturated rings. The Morgan fingerprint density at radius 3 is 2.84 bits per heavy atom. The molecule has 0 aromatic carbocycles. The van der Waals surface area contributed by atoms with Gasteiger partial charge in [-0.05, 0) is 25.7 Å². The number of rotatable bonds is 6. The monoisotopic (exact) mass is 287 g/mol. The first-order valence-electron chi connectivity index (χ1n) is 6.15. The smallest absolute Gasteiger partial charge is 0.325 e. The van der Waals surface area contributed by atoms with Crippen molar-refractivity contribution in [3.05, 3.63) is 12.4 Å². The molecule has 19 heavy (non-hydrogen) atoms. The third-order valence-electron chi connectivity index (χ3n) is 3.42. The van der Waals surface area contributed by atoms with Crippen LogP contribution in [0.3, 0.4) is 0 Å². The van der Waals surface area contributed by atoms with Crippen LogP contribution in [-0.2, 0) is 21.4 Å². The van der Waals surface area contributed by atoms with Crippen molar-refractivity contribution in [3.8, 4) is 0 Å². The number of carboxylic acid groups (broad SMARTS) is 1. The molecule has 106 valence electrons. The van der Waals surface area contributed by atoms with Crippen LogP contribution in [0.1, 0.15) is 26.2 Å². The summed E-state index contributed by atoms with van der Waals surface area (Å²) in [5.41, 5.74) is 0. The fraction of sp³-hybridized carbons (Fsp3) is 0.636. The van der Waals surface area contributed by atoms with E-state index in [0.717, 1.165) is 23.9 Å². The lowest BCUT2D eigenvalue weighted by Crippen LogP contribution is -2.40. The summed E-state index contributed by atoms with van der Waals surface area (Å²) in [5, 5.41) is 12.3. The lowest BCUT2D eigenvalue weighted by atomic mass is 9.81. The number of sulfonamides is 1. The van der Waals surface area contributed by atoms with Crippen molar-refractivity contribution >= 4 is 16.0 Å². The third kappa shape index (κ3) is 3.32. The second kappa shape index (κ2) is 5.30. The molecule has 0 bridgehead atoms. The van der Waals surface area contributed by atoms with Gasteiger partial charge in [-0.3, -0.25) is 9.48 Å². The normalized spacial score (nSPS) is 17.9. The summed E-state index contributed by atoms with van der Waals surface area (Å²) in [6, 6.07) is -0.110. The highest BCUT2D eigenvalue weighted by Gasteiger charge is 2.28. The molecule has 0 spiro atoms. The topological polar surface area (TPSA) is 101 Å². The molecule has 1 aromatic heterocycles. The third-order valence-corrected chi connectivity index (χ3v) is 4.93. The minimum absolute atomic E-state index is 0.0000709. The van der Waals surface area contributed by atoms with Crippen molar-refractivity contribution < 1.29 is 18.3 Å². The van der Waals surface area contributed by atoms with E-state index < -0.39 is 16.0 Å². The van der Waals surface area contributed by atoms with Crippen LogP contribution in [-0.4, -0.2) is 35.3 Å². The van der Waals surface area contributed by atoms with Crippen molar-refractivity contribution in [1.29, 1.82) is 0 Å². The van der Waals surface area contributed by atoms with Crippen LogP contribution in [0.15, 0.2) is 17.3 Å². The summed E-state index contributed by atoms with van der Waals surface area (Å²) in [5.74, 6) is -0.674. The van der Waals surface area contributed by atoms with Crippen LogP contribution >= 0.6 is 0 Å². The van der Waals surface area contributed by atoms with E-state index in [1.807, 2.05) is 6.92 Å². The zero-order valence-corrected chi connectivity index (χ0v) is 11.4. The maximum absolute atomic E-state index is 12.1. The standard InChI is InChI=1S/C11H17N3O4S/c1-8(9-3-2-4-9)13-19(17,18)10-5-12-14(6-10)7-11(15)16/h5-6,8-9,13H,2-4,7H2,1H3,(H,15,16). The van der Waals surface area contributed by atoms with Gasteiger partial charge in [0.1, 0.15) is 11.4 Å².